The first-order chi connectivity index (χ1) is 13.5. The van der Waals surface area contributed by atoms with Crippen LogP contribution in [-0.2, 0) is 13.2 Å². The lowest BCUT2D eigenvalue weighted by Crippen LogP contribution is -2.03. The van der Waals surface area contributed by atoms with Crippen molar-refractivity contribution in [1.29, 1.82) is 0 Å². The predicted octanol–water partition coefficient (Wildman–Crippen LogP) is 7.26. The van der Waals surface area contributed by atoms with Crippen molar-refractivity contribution in [2.24, 2.45) is 0 Å². The van der Waals surface area contributed by atoms with Crippen molar-refractivity contribution in [1.82, 2.24) is 0 Å². The average molecular weight is 481 g/mol. The molecule has 3 aromatic carbocycles. The second-order valence-corrected chi connectivity index (χ2v) is 8.05. The van der Waals surface area contributed by atoms with Crippen LogP contribution in [0, 0.1) is 6.92 Å². The molecule has 3 rings (SSSR count). The predicted molar refractivity (Wildman–Crippen MR) is 120 cm³/mol. The van der Waals surface area contributed by atoms with E-state index in [9.17, 15) is 0 Å². The zero-order chi connectivity index (χ0) is 20.1. The molecule has 0 amide bonds. The molecule has 0 spiro atoms. The van der Waals surface area contributed by atoms with Crippen molar-refractivity contribution in [2.75, 3.05) is 12.4 Å². The minimum atomic E-state index is 0.472. The number of rotatable bonds is 7. The van der Waals surface area contributed by atoms with Gasteiger partial charge in [0, 0.05) is 16.0 Å². The third-order valence-electron chi connectivity index (χ3n) is 4.21. The van der Waals surface area contributed by atoms with Crippen molar-refractivity contribution >= 4 is 44.8 Å². The number of halogens is 3. The van der Waals surface area contributed by atoms with Crippen LogP contribution in [0.1, 0.15) is 16.7 Å². The van der Waals surface area contributed by atoms with Crippen molar-refractivity contribution in [3.8, 4) is 11.5 Å². The number of nitrogens with one attached hydrogen (secondary N) is 1. The molecule has 0 radical (unpaired) electrons. The lowest BCUT2D eigenvalue weighted by molar-refractivity contribution is 0.284. The summed E-state index contributed by atoms with van der Waals surface area (Å²) >= 11 is 15.9. The Labute approximate surface area is 183 Å². The summed E-state index contributed by atoms with van der Waals surface area (Å²) in [7, 11) is 1.63. The van der Waals surface area contributed by atoms with E-state index in [0.717, 1.165) is 21.3 Å². The van der Waals surface area contributed by atoms with E-state index in [1.54, 1.807) is 25.3 Å². The van der Waals surface area contributed by atoms with Crippen LogP contribution in [-0.4, -0.2) is 7.11 Å². The van der Waals surface area contributed by atoms with Crippen LogP contribution < -0.4 is 14.8 Å². The highest BCUT2D eigenvalue weighted by Crippen LogP contribution is 2.35. The normalized spacial score (nSPS) is 10.6. The molecule has 0 aromatic heterocycles. The van der Waals surface area contributed by atoms with Crippen LogP contribution in [0.25, 0.3) is 0 Å². The highest BCUT2D eigenvalue weighted by Gasteiger charge is 2.12. The lowest BCUT2D eigenvalue weighted by Gasteiger charge is -2.15. The van der Waals surface area contributed by atoms with Gasteiger partial charge in [0.2, 0.25) is 0 Å². The van der Waals surface area contributed by atoms with Gasteiger partial charge in [-0.2, -0.15) is 0 Å². The van der Waals surface area contributed by atoms with E-state index >= 15 is 0 Å². The van der Waals surface area contributed by atoms with Gasteiger partial charge in [-0.3, -0.25) is 0 Å². The second kappa shape index (κ2) is 9.55. The Morgan fingerprint density at radius 1 is 1.00 bits per heavy atom. The van der Waals surface area contributed by atoms with E-state index in [0.29, 0.717) is 34.7 Å². The number of hydrogen-bond acceptors (Lipinski definition) is 3. The summed E-state index contributed by atoms with van der Waals surface area (Å²) in [6.07, 6.45) is 0. The fourth-order valence-electron chi connectivity index (χ4n) is 2.77. The zero-order valence-corrected chi connectivity index (χ0v) is 18.7. The van der Waals surface area contributed by atoms with E-state index in [2.05, 4.69) is 40.3 Å². The van der Waals surface area contributed by atoms with Gasteiger partial charge in [0.1, 0.15) is 6.61 Å². The van der Waals surface area contributed by atoms with Gasteiger partial charge in [0.25, 0.3) is 0 Å². The summed E-state index contributed by atoms with van der Waals surface area (Å²) in [6.45, 7) is 3.09. The highest BCUT2D eigenvalue weighted by atomic mass is 79.9. The monoisotopic (exact) mass is 479 g/mol. The van der Waals surface area contributed by atoms with Crippen LogP contribution in [0.15, 0.2) is 59.1 Å². The van der Waals surface area contributed by atoms with Crippen molar-refractivity contribution in [3.05, 3.63) is 85.8 Å². The largest absolute Gasteiger partial charge is 0.493 e. The van der Waals surface area contributed by atoms with Crippen LogP contribution in [0.4, 0.5) is 5.69 Å². The Kier molecular flexibility index (Phi) is 7.11. The van der Waals surface area contributed by atoms with Gasteiger partial charge in [-0.1, -0.05) is 69.0 Å². The van der Waals surface area contributed by atoms with Crippen LogP contribution in [0.2, 0.25) is 10.0 Å². The van der Waals surface area contributed by atoms with Crippen LogP contribution in [0.5, 0.6) is 11.5 Å². The number of ether oxygens (including phenoxy) is 2. The molecule has 0 aliphatic heterocycles. The number of anilines is 1. The number of methoxy groups -OCH3 is 1. The maximum Gasteiger partial charge on any atom is 0.162 e. The Morgan fingerprint density at radius 2 is 1.82 bits per heavy atom. The summed E-state index contributed by atoms with van der Waals surface area (Å²) in [6, 6.07) is 17.4. The molecule has 3 aromatic rings. The van der Waals surface area contributed by atoms with E-state index < -0.39 is 0 Å². The first-order valence-corrected chi connectivity index (χ1v) is 10.2. The SMILES string of the molecule is COc1cc(CNc2cc(Cl)ccc2Cl)c(Br)cc1OCc1cccc(C)c1. The zero-order valence-electron chi connectivity index (χ0n) is 15.6. The summed E-state index contributed by atoms with van der Waals surface area (Å²) in [5.41, 5.74) is 4.10. The minimum Gasteiger partial charge on any atom is -0.493 e. The van der Waals surface area contributed by atoms with Crippen LogP contribution in [0.3, 0.4) is 0 Å². The summed E-state index contributed by atoms with van der Waals surface area (Å²) in [4.78, 5) is 0. The van der Waals surface area contributed by atoms with E-state index in [1.165, 1.54) is 5.56 Å². The lowest BCUT2D eigenvalue weighted by atomic mass is 10.1. The van der Waals surface area contributed by atoms with Crippen molar-refractivity contribution in [2.45, 2.75) is 20.1 Å². The summed E-state index contributed by atoms with van der Waals surface area (Å²) in [5, 5.41) is 4.55. The standard InChI is InChI=1S/C22H20BrCl2NO2/c1-14-4-3-5-15(8-14)13-28-22-11-18(23)16(9-21(22)27-2)12-26-20-10-17(24)6-7-19(20)25/h3-11,26H,12-13H2,1-2H3. The molecule has 0 unspecified atom stereocenters. The molecule has 28 heavy (non-hydrogen) atoms. The molecule has 0 saturated carbocycles. The van der Waals surface area contributed by atoms with Gasteiger partial charge in [-0.25, -0.2) is 0 Å². The summed E-state index contributed by atoms with van der Waals surface area (Å²) in [5.74, 6) is 1.35. The third kappa shape index (κ3) is 5.34. The fraction of sp³-hybridized carbons (Fsp3) is 0.182. The quantitative estimate of drug-likeness (QED) is 0.385. The molecule has 0 aliphatic rings. The number of aryl methyl sites for hydroxylation is 1. The Morgan fingerprint density at radius 3 is 2.57 bits per heavy atom. The Balaban J connectivity index is 1.74. The topological polar surface area (TPSA) is 30.5 Å². The molecule has 0 fully saturated rings. The van der Waals surface area contributed by atoms with E-state index in [1.807, 2.05) is 24.3 Å². The molecular weight excluding hydrogens is 461 g/mol. The Bertz CT molecular complexity index is 979. The molecule has 0 atom stereocenters. The molecule has 3 nitrogen and oxygen atoms in total. The Hall–Kier alpha value is -1.88. The van der Waals surface area contributed by atoms with Gasteiger partial charge >= 0.3 is 0 Å². The maximum absolute atomic E-state index is 6.22. The molecule has 146 valence electrons. The number of benzene rings is 3. The van der Waals surface area contributed by atoms with Gasteiger partial charge in [0.15, 0.2) is 11.5 Å². The highest BCUT2D eigenvalue weighted by molar-refractivity contribution is 9.10. The maximum atomic E-state index is 6.22. The molecule has 0 saturated heterocycles. The second-order valence-electron chi connectivity index (χ2n) is 6.35. The van der Waals surface area contributed by atoms with Crippen LogP contribution >= 0.6 is 39.1 Å². The molecule has 6 heteroatoms. The number of hydrogen-bond donors (Lipinski definition) is 1. The van der Waals surface area contributed by atoms with Gasteiger partial charge in [0.05, 0.1) is 17.8 Å². The summed E-state index contributed by atoms with van der Waals surface area (Å²) < 4.78 is 12.4. The minimum absolute atomic E-state index is 0.472. The fourth-order valence-corrected chi connectivity index (χ4v) is 3.59. The average Bonchev–Trinajstić information content (AvgIpc) is 2.68. The third-order valence-corrected chi connectivity index (χ3v) is 5.51. The molecular formula is C22H20BrCl2NO2. The van der Waals surface area contributed by atoms with Gasteiger partial charge < -0.3 is 14.8 Å². The van der Waals surface area contributed by atoms with Crippen molar-refractivity contribution in [3.63, 3.8) is 0 Å². The van der Waals surface area contributed by atoms with E-state index in [-0.39, 0.29) is 0 Å². The molecule has 0 bridgehead atoms. The first-order valence-electron chi connectivity index (χ1n) is 8.70. The first kappa shape index (κ1) is 20.8. The molecule has 0 aliphatic carbocycles. The van der Waals surface area contributed by atoms with Crippen molar-refractivity contribution < 1.29 is 9.47 Å². The molecule has 1 N–H and O–H groups in total. The van der Waals surface area contributed by atoms with E-state index in [4.69, 9.17) is 32.7 Å². The van der Waals surface area contributed by atoms with Gasteiger partial charge in [-0.05, 0) is 48.4 Å². The van der Waals surface area contributed by atoms with Gasteiger partial charge in [-0.15, -0.1) is 0 Å². The molecule has 0 heterocycles. The smallest absolute Gasteiger partial charge is 0.162 e.